The molecule has 0 spiro atoms. The maximum atomic E-state index is 13.0. The van der Waals surface area contributed by atoms with Crippen molar-refractivity contribution in [2.75, 3.05) is 65.9 Å². The van der Waals surface area contributed by atoms with Crippen LogP contribution in [-0.2, 0) is 57.2 Å². The van der Waals surface area contributed by atoms with Gasteiger partial charge in [0.15, 0.2) is 0 Å². The molecule has 0 atom stereocenters. The van der Waals surface area contributed by atoms with Crippen molar-refractivity contribution < 1.29 is 62.3 Å². The molecule has 0 aliphatic rings. The molecule has 0 aromatic heterocycles. The molecule has 14 heteroatoms. The molecule has 0 aliphatic heterocycles. The summed E-state index contributed by atoms with van der Waals surface area (Å²) >= 11 is 0. The zero-order valence-corrected chi connectivity index (χ0v) is 38.0. The lowest BCUT2D eigenvalue weighted by Crippen LogP contribution is -2.39. The van der Waals surface area contributed by atoms with Gasteiger partial charge in [-0.05, 0) is 25.7 Å². The monoisotopic (exact) mass is 858 g/mol. The molecule has 0 saturated heterocycles. The number of carbonyl (C=O) groups excluding carboxylic acids is 6. The third kappa shape index (κ3) is 36.6. The normalized spacial score (nSPS) is 11.2. The molecule has 0 heterocycles. The van der Waals surface area contributed by atoms with Crippen LogP contribution in [0.4, 0.5) is 0 Å². The Kier molecular flexibility index (Phi) is 38.9. The highest BCUT2D eigenvalue weighted by atomic mass is 16.6. The van der Waals surface area contributed by atoms with E-state index < -0.39 is 23.8 Å². The van der Waals surface area contributed by atoms with Gasteiger partial charge in [-0.15, -0.1) is 0 Å². The third-order valence-electron chi connectivity index (χ3n) is 9.94. The van der Waals surface area contributed by atoms with Crippen LogP contribution in [0.15, 0.2) is 0 Å². The Hall–Kier alpha value is -3.26. The molecule has 0 saturated carbocycles. The summed E-state index contributed by atoms with van der Waals surface area (Å²) in [5, 5.41) is 9.66. The lowest BCUT2D eigenvalue weighted by Gasteiger charge is -2.22. The van der Waals surface area contributed by atoms with E-state index in [1.165, 1.54) is 4.90 Å². The molecule has 0 fully saturated rings. The van der Waals surface area contributed by atoms with Crippen LogP contribution >= 0.6 is 0 Å². The number of carbonyl (C=O) groups is 6. The first kappa shape index (κ1) is 56.7. The molecule has 0 amide bonds. The van der Waals surface area contributed by atoms with Crippen LogP contribution in [0.2, 0.25) is 0 Å². The molecule has 60 heavy (non-hydrogen) atoms. The van der Waals surface area contributed by atoms with E-state index in [1.54, 1.807) is 0 Å². The van der Waals surface area contributed by atoms with Gasteiger partial charge < -0.3 is 33.5 Å². The van der Waals surface area contributed by atoms with Crippen molar-refractivity contribution in [1.82, 2.24) is 4.90 Å². The van der Waals surface area contributed by atoms with Crippen LogP contribution in [-0.4, -0.2) is 112 Å². The Morgan fingerprint density at radius 3 is 0.833 bits per heavy atom. The highest BCUT2D eigenvalue weighted by Crippen LogP contribution is 2.12. The quantitative estimate of drug-likeness (QED) is 0.0352. The number of aliphatic hydroxyl groups excluding tert-OH is 1. The third-order valence-corrected chi connectivity index (χ3v) is 9.94. The van der Waals surface area contributed by atoms with Crippen molar-refractivity contribution in [1.29, 1.82) is 0 Å². The molecule has 350 valence electrons. The van der Waals surface area contributed by atoms with Gasteiger partial charge in [-0.25, -0.2) is 0 Å². The molecule has 0 unspecified atom stereocenters. The summed E-state index contributed by atoms with van der Waals surface area (Å²) in [4.78, 5) is 76.9. The molecular formula is C46H83NO13. The Morgan fingerprint density at radius 2 is 0.600 bits per heavy atom. The Morgan fingerprint density at radius 1 is 0.367 bits per heavy atom. The minimum absolute atomic E-state index is 0.0332. The number of aliphatic hydroxyl groups is 1. The molecule has 0 radical (unpaired) electrons. The van der Waals surface area contributed by atoms with E-state index in [2.05, 4.69) is 27.7 Å². The Labute approximate surface area is 361 Å². The number of nitrogens with zero attached hydrogens (tertiary/aromatic N) is 1. The first-order valence-corrected chi connectivity index (χ1v) is 23.3. The summed E-state index contributed by atoms with van der Waals surface area (Å²) in [7, 11) is 0. The predicted molar refractivity (Wildman–Crippen MR) is 230 cm³/mol. The minimum Gasteiger partial charge on any atom is -0.465 e. The molecule has 0 bridgehead atoms. The fourth-order valence-electron chi connectivity index (χ4n) is 6.15. The van der Waals surface area contributed by atoms with Crippen LogP contribution in [0.5, 0.6) is 0 Å². The van der Waals surface area contributed by atoms with Crippen LogP contribution in [0.25, 0.3) is 0 Å². The van der Waals surface area contributed by atoms with Crippen molar-refractivity contribution >= 4 is 35.8 Å². The molecular weight excluding hydrogens is 774 g/mol. The highest BCUT2D eigenvalue weighted by Gasteiger charge is 2.22. The van der Waals surface area contributed by atoms with E-state index in [0.29, 0.717) is 25.7 Å². The summed E-state index contributed by atoms with van der Waals surface area (Å²) < 4.78 is 32.8. The van der Waals surface area contributed by atoms with Gasteiger partial charge in [0.05, 0.1) is 31.5 Å². The smallest absolute Gasteiger partial charge is 0.320 e. The molecule has 0 aromatic rings. The summed E-state index contributed by atoms with van der Waals surface area (Å²) in [5.41, 5.74) is 0. The molecule has 0 aromatic carbocycles. The number of unbranched alkanes of at least 4 members (excludes halogenated alkanes) is 16. The van der Waals surface area contributed by atoms with Gasteiger partial charge in [-0.3, -0.25) is 33.7 Å². The lowest BCUT2D eigenvalue weighted by atomic mass is 10.1. The summed E-state index contributed by atoms with van der Waals surface area (Å²) in [6, 6.07) is 0. The molecule has 1 N–H and O–H groups in total. The topological polar surface area (TPSA) is 181 Å². The summed E-state index contributed by atoms with van der Waals surface area (Å²) in [6.45, 7) is 6.62. The molecule has 14 nitrogen and oxygen atoms in total. The largest absolute Gasteiger partial charge is 0.465 e. The SMILES string of the molecule is CCCCCCCC(=O)OCC(COC(=O)CCCCCCC)COC(=O)CN(CCO)CC(=O)OCC(COC(=O)CCCCCCC)COC(=O)CCCCCCC. The van der Waals surface area contributed by atoms with Gasteiger partial charge in [0.2, 0.25) is 0 Å². The Bertz CT molecular complexity index is 976. The zero-order chi connectivity index (χ0) is 44.5. The second kappa shape index (κ2) is 41.1. The zero-order valence-electron chi connectivity index (χ0n) is 38.0. The van der Waals surface area contributed by atoms with Crippen LogP contribution in [0.3, 0.4) is 0 Å². The van der Waals surface area contributed by atoms with E-state index in [9.17, 15) is 33.9 Å². The van der Waals surface area contributed by atoms with Crippen LogP contribution in [0.1, 0.15) is 182 Å². The number of esters is 6. The predicted octanol–water partition coefficient (Wildman–Crippen LogP) is 8.21. The fraction of sp³-hybridized carbons (Fsp3) is 0.870. The van der Waals surface area contributed by atoms with Crippen LogP contribution in [0, 0.1) is 11.8 Å². The first-order valence-electron chi connectivity index (χ1n) is 23.3. The number of ether oxygens (including phenoxy) is 6. The maximum absolute atomic E-state index is 13.0. The molecule has 0 rings (SSSR count). The second-order valence-electron chi connectivity index (χ2n) is 15.9. The summed E-state index contributed by atoms with van der Waals surface area (Å²) in [5.74, 6) is -4.07. The van der Waals surface area contributed by atoms with Crippen molar-refractivity contribution in [3.8, 4) is 0 Å². The number of rotatable bonds is 42. The van der Waals surface area contributed by atoms with Crippen molar-refractivity contribution in [2.24, 2.45) is 11.8 Å². The van der Waals surface area contributed by atoms with Crippen molar-refractivity contribution in [3.63, 3.8) is 0 Å². The van der Waals surface area contributed by atoms with Crippen LogP contribution < -0.4 is 0 Å². The number of hydrogen-bond donors (Lipinski definition) is 1. The maximum Gasteiger partial charge on any atom is 0.320 e. The minimum atomic E-state index is -0.702. The fourth-order valence-corrected chi connectivity index (χ4v) is 6.15. The average Bonchev–Trinajstić information content (AvgIpc) is 3.22. The highest BCUT2D eigenvalue weighted by molar-refractivity contribution is 5.75. The van der Waals surface area contributed by atoms with Crippen molar-refractivity contribution in [2.45, 2.75) is 182 Å². The Balaban J connectivity index is 5.23. The van der Waals surface area contributed by atoms with E-state index in [4.69, 9.17) is 28.4 Å². The van der Waals surface area contributed by atoms with E-state index in [1.807, 2.05) is 0 Å². The van der Waals surface area contributed by atoms with E-state index in [0.717, 1.165) is 103 Å². The van der Waals surface area contributed by atoms with E-state index >= 15 is 0 Å². The first-order chi connectivity index (χ1) is 29.1. The average molecular weight is 858 g/mol. The van der Waals surface area contributed by atoms with Gasteiger partial charge in [0.1, 0.15) is 39.6 Å². The van der Waals surface area contributed by atoms with Gasteiger partial charge in [-0.2, -0.15) is 0 Å². The summed E-state index contributed by atoms with van der Waals surface area (Å²) in [6.07, 6.45) is 20.7. The van der Waals surface area contributed by atoms with Crippen molar-refractivity contribution in [3.05, 3.63) is 0 Å². The van der Waals surface area contributed by atoms with Gasteiger partial charge >= 0.3 is 35.8 Å². The van der Waals surface area contributed by atoms with Gasteiger partial charge in [-0.1, -0.05) is 130 Å². The molecule has 0 aliphatic carbocycles. The second-order valence-corrected chi connectivity index (χ2v) is 15.9. The van der Waals surface area contributed by atoms with E-state index in [-0.39, 0.29) is 115 Å². The van der Waals surface area contributed by atoms with Gasteiger partial charge in [0.25, 0.3) is 0 Å². The standard InChI is InChI=1S/C46H83NO13/c1-5-9-13-17-21-25-41(49)55-33-39(34-56-42(50)26-22-18-14-10-6-2)37-59-45(53)31-47(29-30-48)32-46(54)60-38-40(35-57-43(51)27-23-19-15-11-7-3)36-58-44(52)28-24-20-16-12-8-4/h39-40,48H,5-38H2,1-4H3. The lowest BCUT2D eigenvalue weighted by molar-refractivity contribution is -0.155. The number of hydrogen-bond acceptors (Lipinski definition) is 14. The van der Waals surface area contributed by atoms with Gasteiger partial charge in [0, 0.05) is 32.2 Å².